The van der Waals surface area contributed by atoms with Gasteiger partial charge in [0.15, 0.2) is 0 Å². The summed E-state index contributed by atoms with van der Waals surface area (Å²) in [4.78, 5) is 25.0. The fourth-order valence-corrected chi connectivity index (χ4v) is 3.46. The van der Waals surface area contributed by atoms with Crippen LogP contribution < -0.4 is 16.0 Å². The third-order valence-corrected chi connectivity index (χ3v) is 5.12. The standard InChI is InChI=1S/C22H22ClF2N3O3/c1-3-31-21(29)19-18(11-26-12(2)16-9-8-15(24)10-17(16)25)27-22(30)28-20(19)13-4-6-14(23)7-5-13/h4-10,12,20,26H,3,11H2,1-2H3,(H2,27,28,30). The maximum atomic E-state index is 14.1. The van der Waals surface area contributed by atoms with Crippen molar-refractivity contribution in [2.24, 2.45) is 0 Å². The predicted octanol–water partition coefficient (Wildman–Crippen LogP) is 4.14. The average molecular weight is 450 g/mol. The van der Waals surface area contributed by atoms with Crippen LogP contribution in [0.5, 0.6) is 0 Å². The molecule has 2 atom stereocenters. The molecule has 1 aliphatic heterocycles. The lowest BCUT2D eigenvalue weighted by molar-refractivity contribution is -0.139. The number of hydrogen-bond acceptors (Lipinski definition) is 4. The van der Waals surface area contributed by atoms with Crippen LogP contribution in [0.4, 0.5) is 13.6 Å². The Labute approximate surface area is 183 Å². The van der Waals surface area contributed by atoms with Gasteiger partial charge in [-0.15, -0.1) is 0 Å². The number of benzene rings is 2. The quantitative estimate of drug-likeness (QED) is 0.555. The first-order valence-corrected chi connectivity index (χ1v) is 10.1. The number of rotatable bonds is 7. The number of urea groups is 1. The average Bonchev–Trinajstić information content (AvgIpc) is 2.72. The number of carbonyl (C=O) groups excluding carboxylic acids is 2. The highest BCUT2D eigenvalue weighted by atomic mass is 35.5. The van der Waals surface area contributed by atoms with Gasteiger partial charge in [-0.3, -0.25) is 0 Å². The molecule has 0 spiro atoms. The molecular formula is C22H22ClF2N3O3. The zero-order valence-electron chi connectivity index (χ0n) is 17.0. The van der Waals surface area contributed by atoms with Gasteiger partial charge in [0.05, 0.1) is 18.2 Å². The molecule has 3 N–H and O–H groups in total. The second-order valence-corrected chi connectivity index (χ2v) is 7.40. The van der Waals surface area contributed by atoms with Gasteiger partial charge in [0.2, 0.25) is 0 Å². The van der Waals surface area contributed by atoms with Gasteiger partial charge in [-0.1, -0.05) is 29.8 Å². The molecule has 2 aromatic carbocycles. The van der Waals surface area contributed by atoms with Crippen molar-refractivity contribution < 1.29 is 23.1 Å². The zero-order chi connectivity index (χ0) is 22.5. The first-order chi connectivity index (χ1) is 14.8. The Morgan fingerprint density at radius 1 is 1.23 bits per heavy atom. The highest BCUT2D eigenvalue weighted by Crippen LogP contribution is 2.29. The van der Waals surface area contributed by atoms with E-state index in [2.05, 4.69) is 16.0 Å². The van der Waals surface area contributed by atoms with Crippen molar-refractivity contribution in [3.8, 4) is 0 Å². The maximum Gasteiger partial charge on any atom is 0.338 e. The number of esters is 1. The van der Waals surface area contributed by atoms with Crippen molar-refractivity contribution in [1.82, 2.24) is 16.0 Å². The molecule has 6 nitrogen and oxygen atoms in total. The molecule has 0 aromatic heterocycles. The van der Waals surface area contributed by atoms with Crippen molar-refractivity contribution in [3.63, 3.8) is 0 Å². The molecule has 2 aromatic rings. The Hall–Kier alpha value is -2.97. The van der Waals surface area contributed by atoms with Crippen molar-refractivity contribution >= 4 is 23.6 Å². The van der Waals surface area contributed by atoms with E-state index in [1.54, 1.807) is 38.1 Å². The maximum absolute atomic E-state index is 14.1. The van der Waals surface area contributed by atoms with Crippen molar-refractivity contribution in [2.75, 3.05) is 13.2 Å². The number of carbonyl (C=O) groups is 2. The van der Waals surface area contributed by atoms with E-state index in [4.69, 9.17) is 16.3 Å². The minimum Gasteiger partial charge on any atom is -0.463 e. The summed E-state index contributed by atoms with van der Waals surface area (Å²) in [5.74, 6) is -1.95. The molecular weight excluding hydrogens is 428 g/mol. The van der Waals surface area contributed by atoms with Gasteiger partial charge in [0, 0.05) is 34.9 Å². The van der Waals surface area contributed by atoms with Gasteiger partial charge in [-0.05, 0) is 37.6 Å². The van der Waals surface area contributed by atoms with Crippen LogP contribution in [0.25, 0.3) is 0 Å². The molecule has 2 unspecified atom stereocenters. The number of nitrogens with one attached hydrogen (secondary N) is 3. The second-order valence-electron chi connectivity index (χ2n) is 6.96. The summed E-state index contributed by atoms with van der Waals surface area (Å²) < 4.78 is 32.5. The third kappa shape index (κ3) is 5.39. The van der Waals surface area contributed by atoms with Gasteiger partial charge < -0.3 is 20.7 Å². The number of amides is 2. The molecule has 2 amide bonds. The highest BCUT2D eigenvalue weighted by molar-refractivity contribution is 6.30. The molecule has 0 aliphatic carbocycles. The van der Waals surface area contributed by atoms with Crippen LogP contribution >= 0.6 is 11.6 Å². The summed E-state index contributed by atoms with van der Waals surface area (Å²) in [5.41, 5.74) is 1.44. The van der Waals surface area contributed by atoms with Gasteiger partial charge in [-0.2, -0.15) is 0 Å². The van der Waals surface area contributed by atoms with E-state index in [9.17, 15) is 18.4 Å². The summed E-state index contributed by atoms with van der Waals surface area (Å²) in [5, 5.41) is 8.94. The van der Waals surface area contributed by atoms with Crippen molar-refractivity contribution in [1.29, 1.82) is 0 Å². The van der Waals surface area contributed by atoms with Gasteiger partial charge >= 0.3 is 12.0 Å². The largest absolute Gasteiger partial charge is 0.463 e. The minimum atomic E-state index is -0.750. The first-order valence-electron chi connectivity index (χ1n) is 9.71. The fraction of sp³-hybridized carbons (Fsp3) is 0.273. The topological polar surface area (TPSA) is 79.5 Å². The lowest BCUT2D eigenvalue weighted by Crippen LogP contribution is -2.48. The minimum absolute atomic E-state index is 0.0453. The smallest absolute Gasteiger partial charge is 0.338 e. The van der Waals surface area contributed by atoms with Crippen LogP contribution in [0, 0.1) is 11.6 Å². The van der Waals surface area contributed by atoms with E-state index in [-0.39, 0.29) is 24.3 Å². The number of hydrogen-bond donors (Lipinski definition) is 3. The third-order valence-electron chi connectivity index (χ3n) is 4.87. The Kier molecular flexibility index (Phi) is 7.25. The molecule has 31 heavy (non-hydrogen) atoms. The Morgan fingerprint density at radius 3 is 2.58 bits per heavy atom. The molecule has 1 heterocycles. The second kappa shape index (κ2) is 9.89. The van der Waals surface area contributed by atoms with E-state index >= 15 is 0 Å². The molecule has 1 aliphatic rings. The normalized spacial score (nSPS) is 17.1. The zero-order valence-corrected chi connectivity index (χ0v) is 17.7. The SMILES string of the molecule is CCOC(=O)C1=C(CNC(C)c2ccc(F)cc2F)NC(=O)NC1c1ccc(Cl)cc1. The Bertz CT molecular complexity index is 1010. The summed E-state index contributed by atoms with van der Waals surface area (Å²) in [6.07, 6.45) is 0. The molecule has 0 saturated heterocycles. The van der Waals surface area contributed by atoms with E-state index in [0.717, 1.165) is 6.07 Å². The molecule has 0 fully saturated rings. The van der Waals surface area contributed by atoms with Crippen LogP contribution in [0.15, 0.2) is 53.7 Å². The molecule has 0 bridgehead atoms. The summed E-state index contributed by atoms with van der Waals surface area (Å²) in [6.45, 7) is 3.58. The molecule has 0 saturated carbocycles. The Balaban J connectivity index is 1.92. The van der Waals surface area contributed by atoms with Crippen LogP contribution in [-0.4, -0.2) is 25.2 Å². The Morgan fingerprint density at radius 2 is 1.94 bits per heavy atom. The predicted molar refractivity (Wildman–Crippen MR) is 112 cm³/mol. The van der Waals surface area contributed by atoms with Crippen molar-refractivity contribution in [2.45, 2.75) is 25.9 Å². The van der Waals surface area contributed by atoms with Crippen LogP contribution in [0.1, 0.15) is 37.1 Å². The summed E-state index contributed by atoms with van der Waals surface area (Å²) in [7, 11) is 0. The van der Waals surface area contributed by atoms with E-state index < -0.39 is 35.7 Å². The van der Waals surface area contributed by atoms with Crippen LogP contribution in [0.2, 0.25) is 5.02 Å². The van der Waals surface area contributed by atoms with Crippen LogP contribution in [-0.2, 0) is 9.53 Å². The van der Waals surface area contributed by atoms with E-state index in [1.165, 1.54) is 12.1 Å². The van der Waals surface area contributed by atoms with Gasteiger partial charge in [0.25, 0.3) is 0 Å². The lowest BCUT2D eigenvalue weighted by Gasteiger charge is -2.30. The molecule has 3 rings (SSSR count). The molecule has 164 valence electrons. The highest BCUT2D eigenvalue weighted by Gasteiger charge is 2.33. The van der Waals surface area contributed by atoms with E-state index in [0.29, 0.717) is 16.3 Å². The van der Waals surface area contributed by atoms with Gasteiger partial charge in [-0.25, -0.2) is 18.4 Å². The summed E-state index contributed by atoms with van der Waals surface area (Å²) >= 11 is 5.95. The van der Waals surface area contributed by atoms with Gasteiger partial charge in [0.1, 0.15) is 11.6 Å². The van der Waals surface area contributed by atoms with Crippen LogP contribution in [0.3, 0.4) is 0 Å². The van der Waals surface area contributed by atoms with E-state index in [1.807, 2.05) is 0 Å². The monoisotopic (exact) mass is 449 g/mol. The molecule has 0 radical (unpaired) electrons. The summed E-state index contributed by atoms with van der Waals surface area (Å²) in [6, 6.07) is 8.29. The van der Waals surface area contributed by atoms with Crippen molar-refractivity contribution in [3.05, 3.63) is 81.5 Å². The number of halogens is 3. The first kappa shape index (κ1) is 22.7. The lowest BCUT2D eigenvalue weighted by atomic mass is 9.95. The molecule has 9 heteroatoms. The number of ether oxygens (including phenoxy) is 1. The fourth-order valence-electron chi connectivity index (χ4n) is 3.33.